The zero-order valence-electron chi connectivity index (χ0n) is 15.7. The average Bonchev–Trinajstić information content (AvgIpc) is 2.49. The first-order chi connectivity index (χ1) is 11.3. The Bertz CT molecular complexity index is 458. The number of hydrogen-bond acceptors (Lipinski definition) is 4. The number of allylic oxidation sites excluding steroid dienone is 3. The molecular formula is C19H33NO3S. The van der Waals surface area contributed by atoms with Crippen molar-refractivity contribution in [3.63, 3.8) is 0 Å². The van der Waals surface area contributed by atoms with Crippen LogP contribution in [0.2, 0.25) is 0 Å². The summed E-state index contributed by atoms with van der Waals surface area (Å²) in [5.74, 6) is 0.975. The van der Waals surface area contributed by atoms with Gasteiger partial charge in [0.1, 0.15) is 5.78 Å². The fourth-order valence-corrected chi connectivity index (χ4v) is 3.20. The molecule has 0 aromatic heterocycles. The summed E-state index contributed by atoms with van der Waals surface area (Å²) in [5, 5.41) is 11.7. The molecule has 0 spiro atoms. The van der Waals surface area contributed by atoms with E-state index in [9.17, 15) is 9.59 Å². The van der Waals surface area contributed by atoms with Gasteiger partial charge in [-0.05, 0) is 40.0 Å². The van der Waals surface area contributed by atoms with Gasteiger partial charge in [0.25, 0.3) is 0 Å². The summed E-state index contributed by atoms with van der Waals surface area (Å²) in [6, 6.07) is 0. The first kappa shape index (κ1) is 22.9. The van der Waals surface area contributed by atoms with Gasteiger partial charge in [-0.1, -0.05) is 30.2 Å². The highest BCUT2D eigenvalue weighted by atomic mass is 32.2. The van der Waals surface area contributed by atoms with Gasteiger partial charge in [-0.2, -0.15) is 0 Å². The number of rotatable bonds is 12. The van der Waals surface area contributed by atoms with Crippen LogP contribution in [0.3, 0.4) is 0 Å². The van der Waals surface area contributed by atoms with Crippen LogP contribution in [0.5, 0.6) is 0 Å². The maximum atomic E-state index is 12.2. The molecule has 0 heterocycles. The lowest BCUT2D eigenvalue weighted by molar-refractivity contribution is -0.121. The molecule has 138 valence electrons. The summed E-state index contributed by atoms with van der Waals surface area (Å²) in [6.45, 7) is 9.57. The van der Waals surface area contributed by atoms with Gasteiger partial charge in [-0.25, -0.2) is 0 Å². The lowest BCUT2D eigenvalue weighted by Gasteiger charge is -2.15. The number of carbonyl (C=O) groups excluding carboxylic acids is 2. The first-order valence-electron chi connectivity index (χ1n) is 8.59. The summed E-state index contributed by atoms with van der Waals surface area (Å²) < 4.78 is 0. The molecule has 0 aliphatic rings. The molecule has 0 aliphatic heterocycles. The number of carbonyl (C=O) groups is 2. The predicted octanol–water partition coefficient (Wildman–Crippen LogP) is 3.85. The van der Waals surface area contributed by atoms with Crippen LogP contribution < -0.4 is 5.32 Å². The highest BCUT2D eigenvalue weighted by molar-refractivity contribution is 7.99. The average molecular weight is 356 g/mol. The van der Waals surface area contributed by atoms with E-state index in [0.29, 0.717) is 6.42 Å². The Morgan fingerprint density at radius 1 is 1.04 bits per heavy atom. The van der Waals surface area contributed by atoms with E-state index < -0.39 is 0 Å². The van der Waals surface area contributed by atoms with Gasteiger partial charge >= 0.3 is 0 Å². The fraction of sp³-hybridized carbons (Fsp3) is 0.684. The normalized spacial score (nSPS) is 15.1. The van der Waals surface area contributed by atoms with Crippen LogP contribution >= 0.6 is 11.8 Å². The highest BCUT2D eigenvalue weighted by Crippen LogP contribution is 2.17. The van der Waals surface area contributed by atoms with E-state index in [-0.39, 0.29) is 29.6 Å². The summed E-state index contributed by atoms with van der Waals surface area (Å²) in [4.78, 5) is 23.1. The van der Waals surface area contributed by atoms with Crippen molar-refractivity contribution in [2.75, 3.05) is 12.4 Å². The lowest BCUT2D eigenvalue weighted by Crippen LogP contribution is -2.29. The Kier molecular flexibility index (Phi) is 12.7. The van der Waals surface area contributed by atoms with E-state index in [4.69, 9.17) is 5.11 Å². The predicted molar refractivity (Wildman–Crippen MR) is 103 cm³/mol. The second kappa shape index (κ2) is 13.2. The minimum Gasteiger partial charge on any atom is -0.392 e. The lowest BCUT2D eigenvalue weighted by atomic mass is 10.0. The monoisotopic (exact) mass is 355 g/mol. The van der Waals surface area contributed by atoms with E-state index in [0.717, 1.165) is 25.0 Å². The molecule has 1 amide bonds. The van der Waals surface area contributed by atoms with Crippen molar-refractivity contribution in [1.82, 2.24) is 5.32 Å². The Labute approximate surface area is 151 Å². The summed E-state index contributed by atoms with van der Waals surface area (Å²) >= 11 is 1.60. The second-order valence-corrected chi connectivity index (χ2v) is 7.74. The van der Waals surface area contributed by atoms with Crippen molar-refractivity contribution in [3.05, 3.63) is 23.3 Å². The molecule has 0 bridgehead atoms. The van der Waals surface area contributed by atoms with Crippen LogP contribution in [0.15, 0.2) is 23.3 Å². The fourth-order valence-electron chi connectivity index (χ4n) is 2.18. The largest absolute Gasteiger partial charge is 0.392 e. The molecular weight excluding hydrogens is 322 g/mol. The first-order valence-corrected chi connectivity index (χ1v) is 9.64. The minimum atomic E-state index is -0.0428. The van der Waals surface area contributed by atoms with Crippen LogP contribution in [0.1, 0.15) is 60.3 Å². The van der Waals surface area contributed by atoms with Gasteiger partial charge in [0.2, 0.25) is 5.91 Å². The summed E-state index contributed by atoms with van der Waals surface area (Å²) in [6.07, 6.45) is 7.28. The number of thioether (sulfide) groups is 1. The van der Waals surface area contributed by atoms with Crippen LogP contribution in [-0.2, 0) is 9.59 Å². The maximum Gasteiger partial charge on any atom is 0.217 e. The van der Waals surface area contributed by atoms with Crippen LogP contribution in [0.4, 0.5) is 0 Å². The SMILES string of the molecule is CC(=O)NC(C)SCC(C)C(=O)CC/C(C)=C/CC/C(C)=C\CO. The number of nitrogens with one attached hydrogen (secondary N) is 1. The number of Topliss-reactive ketones (excluding diaryl/α,β-unsaturated/α-hetero) is 1. The molecule has 0 aliphatic carbocycles. The van der Waals surface area contributed by atoms with E-state index in [1.165, 1.54) is 18.1 Å². The maximum absolute atomic E-state index is 12.2. The molecule has 0 fully saturated rings. The Morgan fingerprint density at radius 2 is 1.67 bits per heavy atom. The molecule has 2 atom stereocenters. The third kappa shape index (κ3) is 12.4. The Balaban J connectivity index is 4.05. The van der Waals surface area contributed by atoms with Crippen molar-refractivity contribution in [2.45, 2.75) is 65.7 Å². The number of hydrogen-bond donors (Lipinski definition) is 2. The van der Waals surface area contributed by atoms with Crippen molar-refractivity contribution in [1.29, 1.82) is 0 Å². The second-order valence-electron chi connectivity index (χ2n) is 6.37. The molecule has 0 saturated heterocycles. The van der Waals surface area contributed by atoms with Crippen LogP contribution in [0, 0.1) is 5.92 Å². The number of aliphatic hydroxyl groups excluding tert-OH is 1. The molecule has 4 nitrogen and oxygen atoms in total. The molecule has 2 unspecified atom stereocenters. The van der Waals surface area contributed by atoms with Crippen molar-refractivity contribution >= 4 is 23.5 Å². The number of aliphatic hydroxyl groups is 1. The topological polar surface area (TPSA) is 66.4 Å². The molecule has 5 heteroatoms. The number of ketones is 1. The van der Waals surface area contributed by atoms with E-state index >= 15 is 0 Å². The molecule has 0 aromatic carbocycles. The van der Waals surface area contributed by atoms with Crippen molar-refractivity contribution in [3.8, 4) is 0 Å². The molecule has 24 heavy (non-hydrogen) atoms. The van der Waals surface area contributed by atoms with Gasteiger partial charge in [-0.15, -0.1) is 11.8 Å². The number of amides is 1. The quantitative estimate of drug-likeness (QED) is 0.412. The minimum absolute atomic E-state index is 0.00809. The van der Waals surface area contributed by atoms with E-state index in [2.05, 4.69) is 18.3 Å². The standard InChI is InChI=1S/C19H33NO3S/c1-14(7-6-8-15(2)11-12-21)9-10-19(23)16(3)13-24-18(5)20-17(4)22/h7,11,16,18,21H,6,8-10,12-13H2,1-5H3,(H,20,22)/b14-7+,15-11-. The van der Waals surface area contributed by atoms with Crippen LogP contribution in [0.25, 0.3) is 0 Å². The third-order valence-corrected chi connectivity index (χ3v) is 5.10. The summed E-state index contributed by atoms with van der Waals surface area (Å²) in [5.41, 5.74) is 2.43. The Hall–Kier alpha value is -1.07. The van der Waals surface area contributed by atoms with Crippen molar-refractivity contribution < 1.29 is 14.7 Å². The molecule has 2 N–H and O–H groups in total. The van der Waals surface area contributed by atoms with Gasteiger partial charge in [-0.3, -0.25) is 9.59 Å². The zero-order valence-corrected chi connectivity index (χ0v) is 16.5. The Morgan fingerprint density at radius 3 is 2.25 bits per heavy atom. The summed E-state index contributed by atoms with van der Waals surface area (Å²) in [7, 11) is 0. The van der Waals surface area contributed by atoms with Gasteiger partial charge in [0.15, 0.2) is 0 Å². The van der Waals surface area contributed by atoms with E-state index in [1.807, 2.05) is 26.8 Å². The smallest absolute Gasteiger partial charge is 0.217 e. The van der Waals surface area contributed by atoms with Crippen molar-refractivity contribution in [2.24, 2.45) is 5.92 Å². The molecule has 0 rings (SSSR count). The molecule has 0 radical (unpaired) electrons. The zero-order chi connectivity index (χ0) is 18.5. The van der Waals surface area contributed by atoms with Crippen LogP contribution in [-0.4, -0.2) is 34.5 Å². The highest BCUT2D eigenvalue weighted by Gasteiger charge is 2.14. The third-order valence-electron chi connectivity index (χ3n) is 3.79. The molecule has 0 aromatic rings. The van der Waals surface area contributed by atoms with Gasteiger partial charge in [0.05, 0.1) is 12.0 Å². The van der Waals surface area contributed by atoms with E-state index in [1.54, 1.807) is 11.8 Å². The molecule has 0 saturated carbocycles. The van der Waals surface area contributed by atoms with Gasteiger partial charge < -0.3 is 10.4 Å². The van der Waals surface area contributed by atoms with Gasteiger partial charge in [0, 0.05) is 25.0 Å².